The molecule has 0 radical (unpaired) electrons. The number of rotatable bonds is 3. The fraction of sp³-hybridized carbons (Fsp3) is 0.188. The average molecular weight is 283 g/mol. The van der Waals surface area contributed by atoms with E-state index in [0.29, 0.717) is 0 Å². The summed E-state index contributed by atoms with van der Waals surface area (Å²) in [6, 6.07) is 10.5. The molecule has 1 unspecified atom stereocenters. The highest BCUT2D eigenvalue weighted by Crippen LogP contribution is 2.45. The molecule has 21 heavy (non-hydrogen) atoms. The lowest BCUT2D eigenvalue weighted by Gasteiger charge is -2.07. The van der Waals surface area contributed by atoms with E-state index < -0.39 is 10.9 Å². The van der Waals surface area contributed by atoms with E-state index in [2.05, 4.69) is 0 Å². The van der Waals surface area contributed by atoms with Gasteiger partial charge in [0.25, 0.3) is 5.69 Å². The third-order valence-electron chi connectivity index (χ3n) is 3.94. The van der Waals surface area contributed by atoms with E-state index in [1.807, 2.05) is 19.1 Å². The zero-order chi connectivity index (χ0) is 15.1. The lowest BCUT2D eigenvalue weighted by molar-refractivity contribution is -0.384. The lowest BCUT2D eigenvalue weighted by Crippen LogP contribution is -2.01. The van der Waals surface area contributed by atoms with Crippen LogP contribution in [0.3, 0.4) is 0 Å². The molecule has 0 spiro atoms. The van der Waals surface area contributed by atoms with Gasteiger partial charge >= 0.3 is 5.97 Å². The second-order valence-electron chi connectivity index (χ2n) is 5.24. The molecule has 5 heteroatoms. The van der Waals surface area contributed by atoms with Crippen LogP contribution >= 0.6 is 0 Å². The molecule has 0 fully saturated rings. The van der Waals surface area contributed by atoms with E-state index in [0.717, 1.165) is 27.8 Å². The number of fused-ring (bicyclic) bond motifs is 3. The molecule has 0 saturated carbocycles. The molecule has 0 bridgehead atoms. The van der Waals surface area contributed by atoms with Crippen LogP contribution in [-0.2, 0) is 11.2 Å². The van der Waals surface area contributed by atoms with Gasteiger partial charge in [-0.15, -0.1) is 0 Å². The molecule has 106 valence electrons. The minimum atomic E-state index is -0.867. The standard InChI is InChI=1S/C16H13NO4/c1-9-14-6-10(7-16(18)19)2-4-12(14)13-5-3-11(17(20)21)8-15(9)13/h2-6,8-9H,7H2,1H3,(H,18,19). The second kappa shape index (κ2) is 4.70. The van der Waals surface area contributed by atoms with E-state index in [9.17, 15) is 14.9 Å². The normalized spacial score (nSPS) is 15.4. The summed E-state index contributed by atoms with van der Waals surface area (Å²) in [5.74, 6) is -0.836. The van der Waals surface area contributed by atoms with Crippen molar-refractivity contribution in [2.75, 3.05) is 0 Å². The smallest absolute Gasteiger partial charge is 0.307 e. The molecule has 3 rings (SSSR count). The van der Waals surface area contributed by atoms with E-state index >= 15 is 0 Å². The Morgan fingerprint density at radius 3 is 2.43 bits per heavy atom. The molecule has 1 atom stereocenters. The van der Waals surface area contributed by atoms with Gasteiger partial charge in [0.15, 0.2) is 0 Å². The zero-order valence-corrected chi connectivity index (χ0v) is 11.4. The van der Waals surface area contributed by atoms with Crippen LogP contribution in [0.4, 0.5) is 5.69 Å². The lowest BCUT2D eigenvalue weighted by atomic mass is 9.97. The van der Waals surface area contributed by atoms with Crippen LogP contribution in [0.25, 0.3) is 11.1 Å². The van der Waals surface area contributed by atoms with Gasteiger partial charge in [0.1, 0.15) is 0 Å². The van der Waals surface area contributed by atoms with Crippen molar-refractivity contribution in [1.29, 1.82) is 0 Å². The highest BCUT2D eigenvalue weighted by atomic mass is 16.6. The maximum atomic E-state index is 10.9. The molecule has 0 heterocycles. The predicted molar refractivity (Wildman–Crippen MR) is 77.4 cm³/mol. The number of carboxylic acids is 1. The summed E-state index contributed by atoms with van der Waals surface area (Å²) in [5.41, 5.74) is 4.80. The van der Waals surface area contributed by atoms with E-state index in [1.165, 1.54) is 6.07 Å². The Labute approximate surface area is 121 Å². The predicted octanol–water partition coefficient (Wildman–Crippen LogP) is 3.35. The molecule has 0 aliphatic heterocycles. The Hall–Kier alpha value is -2.69. The fourth-order valence-electron chi connectivity index (χ4n) is 2.94. The van der Waals surface area contributed by atoms with Gasteiger partial charge in [0, 0.05) is 18.1 Å². The fourth-order valence-corrected chi connectivity index (χ4v) is 2.94. The number of carbonyl (C=O) groups is 1. The minimum absolute atomic E-state index is 0.0174. The summed E-state index contributed by atoms with van der Waals surface area (Å²) in [7, 11) is 0. The molecule has 2 aromatic rings. The van der Waals surface area contributed by atoms with Gasteiger partial charge in [-0.05, 0) is 33.9 Å². The molecule has 5 nitrogen and oxygen atoms in total. The van der Waals surface area contributed by atoms with Crippen molar-refractivity contribution in [1.82, 2.24) is 0 Å². The van der Waals surface area contributed by atoms with Crippen LogP contribution in [0.1, 0.15) is 29.5 Å². The Morgan fingerprint density at radius 1 is 1.19 bits per heavy atom. The number of hydrogen-bond acceptors (Lipinski definition) is 3. The monoisotopic (exact) mass is 283 g/mol. The molecule has 0 aromatic heterocycles. The zero-order valence-electron chi connectivity index (χ0n) is 11.4. The number of carboxylic acid groups (broad SMARTS) is 1. The van der Waals surface area contributed by atoms with Crippen LogP contribution in [0.5, 0.6) is 0 Å². The average Bonchev–Trinajstić information content (AvgIpc) is 2.71. The molecular weight excluding hydrogens is 270 g/mol. The Balaban J connectivity index is 2.08. The number of nitro groups is 1. The van der Waals surface area contributed by atoms with Gasteiger partial charge in [-0.2, -0.15) is 0 Å². The van der Waals surface area contributed by atoms with Gasteiger partial charge in [0.05, 0.1) is 11.3 Å². The summed E-state index contributed by atoms with van der Waals surface area (Å²) in [6.07, 6.45) is -0.0174. The van der Waals surface area contributed by atoms with Crippen LogP contribution in [-0.4, -0.2) is 16.0 Å². The van der Waals surface area contributed by atoms with E-state index in [-0.39, 0.29) is 18.0 Å². The van der Waals surface area contributed by atoms with Crippen LogP contribution < -0.4 is 0 Å². The Bertz CT molecular complexity index is 767. The first-order chi connectivity index (χ1) is 9.97. The quantitative estimate of drug-likeness (QED) is 0.691. The maximum absolute atomic E-state index is 10.9. The third-order valence-corrected chi connectivity index (χ3v) is 3.94. The van der Waals surface area contributed by atoms with Crippen molar-refractivity contribution >= 4 is 11.7 Å². The largest absolute Gasteiger partial charge is 0.481 e. The third kappa shape index (κ3) is 2.16. The van der Waals surface area contributed by atoms with Crippen molar-refractivity contribution in [2.45, 2.75) is 19.3 Å². The van der Waals surface area contributed by atoms with Gasteiger partial charge in [-0.3, -0.25) is 14.9 Å². The second-order valence-corrected chi connectivity index (χ2v) is 5.24. The Kier molecular flexibility index (Phi) is 2.97. The molecule has 1 N–H and O–H groups in total. The molecule has 1 aliphatic rings. The van der Waals surface area contributed by atoms with Gasteiger partial charge in [0.2, 0.25) is 0 Å². The van der Waals surface area contributed by atoms with Crippen molar-refractivity contribution in [2.24, 2.45) is 0 Å². The molecule has 2 aromatic carbocycles. The number of hydrogen-bond donors (Lipinski definition) is 1. The SMILES string of the molecule is CC1c2cc(CC(=O)O)ccc2-c2ccc([N+](=O)[O-])cc21. The van der Waals surface area contributed by atoms with Crippen molar-refractivity contribution in [3.05, 3.63) is 63.2 Å². The molecule has 1 aliphatic carbocycles. The number of aliphatic carboxylic acids is 1. The first-order valence-electron chi connectivity index (χ1n) is 6.60. The highest BCUT2D eigenvalue weighted by Gasteiger charge is 2.27. The summed E-state index contributed by atoms with van der Waals surface area (Å²) in [6.45, 7) is 1.99. The molecule has 0 amide bonds. The first-order valence-corrected chi connectivity index (χ1v) is 6.60. The molecular formula is C16H13NO4. The van der Waals surface area contributed by atoms with Crippen LogP contribution in [0.2, 0.25) is 0 Å². The number of nitrogens with zero attached hydrogens (tertiary/aromatic N) is 1. The van der Waals surface area contributed by atoms with Crippen LogP contribution in [0, 0.1) is 10.1 Å². The number of non-ortho nitro benzene ring substituents is 1. The highest BCUT2D eigenvalue weighted by molar-refractivity contribution is 5.81. The van der Waals surface area contributed by atoms with Gasteiger partial charge < -0.3 is 5.11 Å². The van der Waals surface area contributed by atoms with Gasteiger partial charge in [-0.1, -0.05) is 25.1 Å². The van der Waals surface area contributed by atoms with Gasteiger partial charge in [-0.25, -0.2) is 0 Å². The number of benzene rings is 2. The summed E-state index contributed by atoms with van der Waals surface area (Å²) < 4.78 is 0. The number of nitro benzene ring substituents is 1. The Morgan fingerprint density at radius 2 is 1.81 bits per heavy atom. The van der Waals surface area contributed by atoms with E-state index in [4.69, 9.17) is 5.11 Å². The van der Waals surface area contributed by atoms with Crippen molar-refractivity contribution < 1.29 is 14.8 Å². The summed E-state index contributed by atoms with van der Waals surface area (Å²) in [4.78, 5) is 21.3. The van der Waals surface area contributed by atoms with E-state index in [1.54, 1.807) is 18.2 Å². The van der Waals surface area contributed by atoms with Crippen LogP contribution in [0.15, 0.2) is 36.4 Å². The summed E-state index contributed by atoms with van der Waals surface area (Å²) >= 11 is 0. The van der Waals surface area contributed by atoms with Crippen molar-refractivity contribution in [3.63, 3.8) is 0 Å². The topological polar surface area (TPSA) is 80.4 Å². The first kappa shape index (κ1) is 13.3. The van der Waals surface area contributed by atoms with Crippen molar-refractivity contribution in [3.8, 4) is 11.1 Å². The molecule has 0 saturated heterocycles. The summed E-state index contributed by atoms with van der Waals surface area (Å²) in [5, 5.41) is 19.8. The maximum Gasteiger partial charge on any atom is 0.307 e. The minimum Gasteiger partial charge on any atom is -0.481 e.